The van der Waals surface area contributed by atoms with E-state index >= 15 is 0 Å². The van der Waals surface area contributed by atoms with Crippen molar-refractivity contribution in [2.24, 2.45) is 0 Å². The van der Waals surface area contributed by atoms with Crippen molar-refractivity contribution in [1.29, 1.82) is 0 Å². The Bertz CT molecular complexity index is 987. The summed E-state index contributed by atoms with van der Waals surface area (Å²) in [6.45, 7) is 7.57. The molecule has 2 aromatic carbocycles. The number of anilines is 1. The minimum absolute atomic E-state index is 0.278. The molecule has 5 heteroatoms. The van der Waals surface area contributed by atoms with Crippen molar-refractivity contribution in [3.63, 3.8) is 0 Å². The molecule has 0 bridgehead atoms. The molecule has 1 fully saturated rings. The molecule has 0 atom stereocenters. The van der Waals surface area contributed by atoms with Gasteiger partial charge in [-0.25, -0.2) is 8.42 Å². The van der Waals surface area contributed by atoms with Crippen LogP contribution in [0, 0.1) is 27.7 Å². The number of carbonyl (C=O) groups excluding carboxylic acids is 1. The molecular formula is C22H27NO3S. The summed E-state index contributed by atoms with van der Waals surface area (Å²) in [5.74, 6) is -0.409. The predicted octanol–water partition coefficient (Wildman–Crippen LogP) is 4.65. The summed E-state index contributed by atoms with van der Waals surface area (Å²) in [6.07, 6.45) is 2.20. The second-order valence-electron chi connectivity index (χ2n) is 7.75. The molecule has 144 valence electrons. The molecule has 27 heavy (non-hydrogen) atoms. The summed E-state index contributed by atoms with van der Waals surface area (Å²) in [4.78, 5) is 13.6. The summed E-state index contributed by atoms with van der Waals surface area (Å²) >= 11 is 0. The highest BCUT2D eigenvalue weighted by Crippen LogP contribution is 2.42. The molecule has 0 heterocycles. The number of rotatable bonds is 4. The van der Waals surface area contributed by atoms with Crippen molar-refractivity contribution in [1.82, 2.24) is 0 Å². The quantitative estimate of drug-likeness (QED) is 0.833. The molecule has 2 aromatic rings. The molecule has 0 spiro atoms. The van der Waals surface area contributed by atoms with Crippen molar-refractivity contribution < 1.29 is 13.2 Å². The first-order valence-electron chi connectivity index (χ1n) is 9.38. The lowest BCUT2D eigenvalue weighted by molar-refractivity contribution is -0.118. The Balaban J connectivity index is 2.05. The van der Waals surface area contributed by atoms with Gasteiger partial charge in [-0.2, -0.15) is 0 Å². The molecule has 4 nitrogen and oxygen atoms in total. The zero-order chi connectivity index (χ0) is 19.8. The van der Waals surface area contributed by atoms with E-state index in [2.05, 4.69) is 5.32 Å². The number of nitrogens with one attached hydrogen (secondary N) is 1. The Morgan fingerprint density at radius 2 is 1.48 bits per heavy atom. The number of hydrogen-bond donors (Lipinski definition) is 1. The van der Waals surface area contributed by atoms with Gasteiger partial charge in [0, 0.05) is 5.69 Å². The van der Waals surface area contributed by atoms with Gasteiger partial charge in [0.2, 0.25) is 5.91 Å². The highest BCUT2D eigenvalue weighted by molar-refractivity contribution is 7.93. The number of amides is 1. The Morgan fingerprint density at radius 3 is 2.11 bits per heavy atom. The van der Waals surface area contributed by atoms with Crippen LogP contribution in [0.25, 0.3) is 0 Å². The van der Waals surface area contributed by atoms with Crippen molar-refractivity contribution in [2.75, 3.05) is 5.32 Å². The zero-order valence-electron chi connectivity index (χ0n) is 16.4. The van der Waals surface area contributed by atoms with Gasteiger partial charge in [0.25, 0.3) is 0 Å². The lowest BCUT2D eigenvalue weighted by Crippen LogP contribution is -2.47. The molecular weight excluding hydrogens is 358 g/mol. The molecule has 1 aliphatic carbocycles. The maximum absolute atomic E-state index is 13.6. The molecule has 0 radical (unpaired) electrons. The van der Waals surface area contributed by atoms with E-state index in [0.29, 0.717) is 24.1 Å². The van der Waals surface area contributed by atoms with E-state index in [1.165, 1.54) is 0 Å². The van der Waals surface area contributed by atoms with Crippen LogP contribution in [0.3, 0.4) is 0 Å². The number of carbonyl (C=O) groups is 1. The lowest BCUT2D eigenvalue weighted by Gasteiger charge is -2.29. The van der Waals surface area contributed by atoms with Gasteiger partial charge in [-0.1, -0.05) is 42.7 Å². The first-order chi connectivity index (χ1) is 12.7. The third-order valence-electron chi connectivity index (χ3n) is 5.60. The van der Waals surface area contributed by atoms with Crippen LogP contribution in [0.4, 0.5) is 5.69 Å². The van der Waals surface area contributed by atoms with Gasteiger partial charge in [0.1, 0.15) is 0 Å². The molecule has 0 aromatic heterocycles. The summed E-state index contributed by atoms with van der Waals surface area (Å²) in [7, 11) is -3.81. The number of sulfone groups is 1. The van der Waals surface area contributed by atoms with Gasteiger partial charge < -0.3 is 5.32 Å². The zero-order valence-corrected chi connectivity index (χ0v) is 17.2. The van der Waals surface area contributed by atoms with Crippen LogP contribution in [-0.4, -0.2) is 19.1 Å². The lowest BCUT2D eigenvalue weighted by atomic mass is 10.1. The third kappa shape index (κ3) is 3.41. The van der Waals surface area contributed by atoms with E-state index in [9.17, 15) is 13.2 Å². The van der Waals surface area contributed by atoms with Crippen LogP contribution < -0.4 is 5.32 Å². The molecule has 0 aliphatic heterocycles. The van der Waals surface area contributed by atoms with Gasteiger partial charge in [-0.05, 0) is 69.4 Å². The number of aryl methyl sites for hydroxylation is 4. The Labute approximate surface area is 161 Å². The molecule has 1 aliphatic rings. The number of hydrogen-bond acceptors (Lipinski definition) is 3. The molecule has 0 saturated heterocycles. The fraction of sp³-hybridized carbons (Fsp3) is 0.409. The monoisotopic (exact) mass is 385 g/mol. The van der Waals surface area contributed by atoms with Crippen molar-refractivity contribution in [3.05, 3.63) is 58.7 Å². The van der Waals surface area contributed by atoms with Crippen LogP contribution in [0.2, 0.25) is 0 Å². The number of benzene rings is 2. The smallest absolute Gasteiger partial charge is 0.246 e. The molecule has 3 rings (SSSR count). The van der Waals surface area contributed by atoms with Gasteiger partial charge in [0.05, 0.1) is 4.90 Å². The van der Waals surface area contributed by atoms with Gasteiger partial charge in [-0.3, -0.25) is 4.79 Å². The highest BCUT2D eigenvalue weighted by Gasteiger charge is 2.53. The molecule has 0 unspecified atom stereocenters. The van der Waals surface area contributed by atoms with Crippen LogP contribution in [-0.2, 0) is 14.6 Å². The maximum Gasteiger partial charge on any atom is 0.246 e. The predicted molar refractivity (Wildman–Crippen MR) is 109 cm³/mol. The van der Waals surface area contributed by atoms with E-state index in [1.807, 2.05) is 51.1 Å². The van der Waals surface area contributed by atoms with Gasteiger partial charge in [0.15, 0.2) is 14.6 Å². The topological polar surface area (TPSA) is 63.2 Å². The highest BCUT2D eigenvalue weighted by atomic mass is 32.2. The van der Waals surface area contributed by atoms with Crippen molar-refractivity contribution in [3.8, 4) is 0 Å². The summed E-state index contributed by atoms with van der Waals surface area (Å²) < 4.78 is 25.9. The van der Waals surface area contributed by atoms with E-state index < -0.39 is 20.5 Å². The SMILES string of the molecule is Cc1ccc(NC(=O)C2(S(=O)(=O)c3cc(C)ccc3C)CCCC2)c(C)c1. The van der Waals surface area contributed by atoms with Gasteiger partial charge in [-0.15, -0.1) is 0 Å². The molecule has 1 saturated carbocycles. The first-order valence-corrected chi connectivity index (χ1v) is 10.9. The van der Waals surface area contributed by atoms with Crippen LogP contribution in [0.1, 0.15) is 47.9 Å². The largest absolute Gasteiger partial charge is 0.324 e. The second-order valence-corrected chi connectivity index (χ2v) is 9.97. The Hall–Kier alpha value is -2.14. The van der Waals surface area contributed by atoms with Crippen molar-refractivity contribution in [2.45, 2.75) is 63.0 Å². The fourth-order valence-corrected chi connectivity index (χ4v) is 6.34. The summed E-state index contributed by atoms with van der Waals surface area (Å²) in [5, 5.41) is 2.91. The van der Waals surface area contributed by atoms with Crippen LogP contribution in [0.5, 0.6) is 0 Å². The molecule has 1 N–H and O–H groups in total. The Kier molecular flexibility index (Phi) is 5.17. The van der Waals surface area contributed by atoms with Gasteiger partial charge >= 0.3 is 0 Å². The minimum atomic E-state index is -3.81. The van der Waals surface area contributed by atoms with E-state index in [-0.39, 0.29) is 4.90 Å². The minimum Gasteiger partial charge on any atom is -0.324 e. The van der Waals surface area contributed by atoms with E-state index in [4.69, 9.17) is 0 Å². The third-order valence-corrected chi connectivity index (χ3v) is 8.24. The van der Waals surface area contributed by atoms with Crippen molar-refractivity contribution >= 4 is 21.4 Å². The van der Waals surface area contributed by atoms with Crippen LogP contribution >= 0.6 is 0 Å². The Morgan fingerprint density at radius 1 is 0.889 bits per heavy atom. The standard InChI is InChI=1S/C22H27NO3S/c1-15-8-10-19(18(4)13-15)23-21(24)22(11-5-6-12-22)27(25,26)20-14-16(2)7-9-17(20)3/h7-10,13-14H,5-6,11-12H2,1-4H3,(H,23,24). The normalized spacial score (nSPS) is 16.3. The maximum atomic E-state index is 13.6. The summed E-state index contributed by atoms with van der Waals surface area (Å²) in [6, 6.07) is 11.1. The first kappa shape index (κ1) is 19.6. The van der Waals surface area contributed by atoms with E-state index in [1.54, 1.807) is 13.0 Å². The molecule has 1 amide bonds. The summed E-state index contributed by atoms with van der Waals surface area (Å²) in [5.41, 5.74) is 4.27. The average Bonchev–Trinajstić information content (AvgIpc) is 3.11. The second kappa shape index (κ2) is 7.12. The fourth-order valence-electron chi connectivity index (χ4n) is 3.96. The average molecular weight is 386 g/mol. The van der Waals surface area contributed by atoms with Crippen LogP contribution in [0.15, 0.2) is 41.3 Å². The van der Waals surface area contributed by atoms with E-state index in [0.717, 1.165) is 29.5 Å².